The van der Waals surface area contributed by atoms with Crippen LogP contribution in [0.5, 0.6) is 0 Å². The summed E-state index contributed by atoms with van der Waals surface area (Å²) >= 11 is 0. The van der Waals surface area contributed by atoms with Gasteiger partial charge in [0.2, 0.25) is 5.91 Å². The summed E-state index contributed by atoms with van der Waals surface area (Å²) in [4.78, 5) is 23.9. The fraction of sp³-hybridized carbons (Fsp3) is 0.692. The molecule has 0 saturated heterocycles. The summed E-state index contributed by atoms with van der Waals surface area (Å²) in [6.45, 7) is 5.66. The molecule has 0 saturated carbocycles. The highest BCUT2D eigenvalue weighted by atomic mass is 16.6. The van der Waals surface area contributed by atoms with Gasteiger partial charge in [0, 0.05) is 20.0 Å². The van der Waals surface area contributed by atoms with Gasteiger partial charge in [-0.3, -0.25) is 19.6 Å². The second-order valence-corrected chi connectivity index (χ2v) is 5.20. The summed E-state index contributed by atoms with van der Waals surface area (Å²) in [6, 6.07) is 0. The van der Waals surface area contributed by atoms with Crippen LogP contribution in [0.15, 0.2) is 0 Å². The van der Waals surface area contributed by atoms with Crippen molar-refractivity contribution in [3.8, 4) is 0 Å². The Bertz CT molecular complexity index is 524. The van der Waals surface area contributed by atoms with Crippen LogP contribution in [0, 0.1) is 24.0 Å². The van der Waals surface area contributed by atoms with E-state index in [-0.39, 0.29) is 18.0 Å². The number of carbonyl (C=O) groups excluding carboxylic acids is 1. The molecule has 1 unspecified atom stereocenters. The van der Waals surface area contributed by atoms with Crippen molar-refractivity contribution in [2.45, 2.75) is 46.3 Å². The van der Waals surface area contributed by atoms with Crippen molar-refractivity contribution in [3.05, 3.63) is 21.5 Å². The highest BCUT2D eigenvalue weighted by molar-refractivity contribution is 5.75. The maximum absolute atomic E-state index is 11.9. The van der Waals surface area contributed by atoms with Crippen molar-refractivity contribution in [2.75, 3.05) is 13.6 Å². The van der Waals surface area contributed by atoms with Gasteiger partial charge in [-0.2, -0.15) is 5.10 Å². The van der Waals surface area contributed by atoms with Crippen LogP contribution in [0.3, 0.4) is 0 Å². The number of nitrogens with zero attached hydrogens (tertiary/aromatic N) is 4. The standard InChI is InChI=1S/C13H22N4O4/c1-9(18)5-7-15(4)12(19)6-8-16-11(3)13(17(20)21)10(2)14-16/h9,18H,5-8H2,1-4H3. The fourth-order valence-electron chi connectivity index (χ4n) is 2.07. The Morgan fingerprint density at radius 3 is 2.62 bits per heavy atom. The second kappa shape index (κ2) is 7.16. The van der Waals surface area contributed by atoms with Gasteiger partial charge in [-0.05, 0) is 27.2 Å². The zero-order valence-corrected chi connectivity index (χ0v) is 12.9. The van der Waals surface area contributed by atoms with Crippen molar-refractivity contribution in [3.63, 3.8) is 0 Å². The number of nitro groups is 1. The topological polar surface area (TPSA) is 102 Å². The van der Waals surface area contributed by atoms with Crippen LogP contribution >= 0.6 is 0 Å². The summed E-state index contributed by atoms with van der Waals surface area (Å²) in [5.41, 5.74) is 0.814. The molecule has 1 heterocycles. The molecule has 1 N–H and O–H groups in total. The molecule has 1 aromatic rings. The molecular formula is C13H22N4O4. The average molecular weight is 298 g/mol. The lowest BCUT2D eigenvalue weighted by Crippen LogP contribution is -2.30. The molecule has 1 rings (SSSR count). The van der Waals surface area contributed by atoms with E-state index in [0.29, 0.717) is 30.9 Å². The monoisotopic (exact) mass is 298 g/mol. The highest BCUT2D eigenvalue weighted by Gasteiger charge is 2.22. The minimum atomic E-state index is -0.454. The smallest absolute Gasteiger partial charge is 0.312 e. The first kappa shape index (κ1) is 17.1. The van der Waals surface area contributed by atoms with Crippen LogP contribution in [-0.2, 0) is 11.3 Å². The van der Waals surface area contributed by atoms with Gasteiger partial charge in [-0.25, -0.2) is 0 Å². The van der Waals surface area contributed by atoms with Crippen molar-refractivity contribution in [1.29, 1.82) is 0 Å². The molecular weight excluding hydrogens is 276 g/mol. The Hall–Kier alpha value is -1.96. The quantitative estimate of drug-likeness (QED) is 0.598. The Morgan fingerprint density at radius 1 is 1.52 bits per heavy atom. The predicted molar refractivity (Wildman–Crippen MR) is 76.9 cm³/mol. The van der Waals surface area contributed by atoms with Crippen LogP contribution in [-0.4, -0.2) is 50.3 Å². The number of hydrogen-bond donors (Lipinski definition) is 1. The molecule has 8 heteroatoms. The van der Waals surface area contributed by atoms with E-state index in [0.717, 1.165) is 0 Å². The third-order valence-electron chi connectivity index (χ3n) is 3.37. The number of aryl methyl sites for hydroxylation is 2. The molecule has 0 bridgehead atoms. The number of hydrogen-bond acceptors (Lipinski definition) is 5. The summed E-state index contributed by atoms with van der Waals surface area (Å²) in [6.07, 6.45) is 0.294. The molecule has 0 aliphatic rings. The molecule has 0 aliphatic carbocycles. The van der Waals surface area contributed by atoms with Gasteiger partial charge >= 0.3 is 5.69 Å². The first-order valence-electron chi connectivity index (χ1n) is 6.84. The summed E-state index contributed by atoms with van der Waals surface area (Å²) < 4.78 is 1.49. The molecule has 1 aromatic heterocycles. The van der Waals surface area contributed by atoms with Crippen LogP contribution in [0.2, 0.25) is 0 Å². The highest BCUT2D eigenvalue weighted by Crippen LogP contribution is 2.21. The van der Waals surface area contributed by atoms with Crippen LogP contribution in [0.25, 0.3) is 0 Å². The minimum absolute atomic E-state index is 0.00455. The molecule has 0 spiro atoms. The van der Waals surface area contributed by atoms with Gasteiger partial charge in [-0.1, -0.05) is 0 Å². The fourth-order valence-corrected chi connectivity index (χ4v) is 2.07. The van der Waals surface area contributed by atoms with E-state index in [4.69, 9.17) is 0 Å². The third-order valence-corrected chi connectivity index (χ3v) is 3.37. The number of aliphatic hydroxyl groups is 1. The van der Waals surface area contributed by atoms with Gasteiger partial charge in [0.1, 0.15) is 11.4 Å². The van der Waals surface area contributed by atoms with Gasteiger partial charge in [0.25, 0.3) is 0 Å². The van der Waals surface area contributed by atoms with E-state index in [1.807, 2.05) is 0 Å². The number of carbonyl (C=O) groups is 1. The van der Waals surface area contributed by atoms with Gasteiger partial charge in [0.15, 0.2) is 0 Å². The van der Waals surface area contributed by atoms with E-state index < -0.39 is 11.0 Å². The lowest BCUT2D eigenvalue weighted by molar-refractivity contribution is -0.386. The average Bonchev–Trinajstić information content (AvgIpc) is 2.67. The van der Waals surface area contributed by atoms with Crippen molar-refractivity contribution < 1.29 is 14.8 Å². The van der Waals surface area contributed by atoms with Crippen LogP contribution in [0.1, 0.15) is 31.2 Å². The number of amides is 1. The summed E-state index contributed by atoms with van der Waals surface area (Å²) in [5.74, 6) is -0.0779. The molecule has 0 radical (unpaired) electrons. The van der Waals surface area contributed by atoms with E-state index in [9.17, 15) is 20.0 Å². The SMILES string of the molecule is Cc1nn(CCC(=O)N(C)CCC(C)O)c(C)c1[N+](=O)[O-]. The molecule has 0 aromatic carbocycles. The van der Waals surface area contributed by atoms with E-state index in [1.54, 1.807) is 32.7 Å². The van der Waals surface area contributed by atoms with Crippen molar-refractivity contribution in [1.82, 2.24) is 14.7 Å². The van der Waals surface area contributed by atoms with Crippen molar-refractivity contribution in [2.24, 2.45) is 0 Å². The van der Waals surface area contributed by atoms with E-state index in [2.05, 4.69) is 5.10 Å². The molecule has 1 amide bonds. The summed E-state index contributed by atoms with van der Waals surface area (Å²) in [5, 5.41) is 24.2. The first-order chi connectivity index (χ1) is 9.73. The molecule has 0 aliphatic heterocycles. The number of rotatable bonds is 7. The Labute approximate surface area is 123 Å². The Kier molecular flexibility index (Phi) is 5.83. The maximum atomic E-state index is 11.9. The van der Waals surface area contributed by atoms with E-state index >= 15 is 0 Å². The predicted octanol–water partition coefficient (Wildman–Crippen LogP) is 1.03. The maximum Gasteiger partial charge on any atom is 0.312 e. The molecule has 1 atom stereocenters. The molecule has 0 fully saturated rings. The third kappa shape index (κ3) is 4.52. The van der Waals surface area contributed by atoms with Gasteiger partial charge in [-0.15, -0.1) is 0 Å². The number of aliphatic hydroxyl groups excluding tert-OH is 1. The van der Waals surface area contributed by atoms with Gasteiger partial charge in [0.05, 0.1) is 17.6 Å². The van der Waals surface area contributed by atoms with Crippen LogP contribution in [0.4, 0.5) is 5.69 Å². The molecule has 21 heavy (non-hydrogen) atoms. The molecule has 8 nitrogen and oxygen atoms in total. The van der Waals surface area contributed by atoms with Gasteiger partial charge < -0.3 is 10.0 Å². The Balaban J connectivity index is 2.61. The molecule has 118 valence electrons. The minimum Gasteiger partial charge on any atom is -0.393 e. The zero-order chi connectivity index (χ0) is 16.2. The second-order valence-electron chi connectivity index (χ2n) is 5.20. The zero-order valence-electron chi connectivity index (χ0n) is 12.9. The van der Waals surface area contributed by atoms with E-state index in [1.165, 1.54) is 4.68 Å². The van der Waals surface area contributed by atoms with Crippen molar-refractivity contribution >= 4 is 11.6 Å². The normalized spacial score (nSPS) is 12.2. The lowest BCUT2D eigenvalue weighted by atomic mass is 10.2. The first-order valence-corrected chi connectivity index (χ1v) is 6.84. The lowest BCUT2D eigenvalue weighted by Gasteiger charge is -2.18. The van der Waals surface area contributed by atoms with Crippen LogP contribution < -0.4 is 0 Å². The Morgan fingerprint density at radius 2 is 2.14 bits per heavy atom. The number of aromatic nitrogens is 2. The largest absolute Gasteiger partial charge is 0.393 e. The summed E-state index contributed by atoms with van der Waals surface area (Å²) in [7, 11) is 1.67.